The molecule has 3 heteroatoms. The van der Waals surface area contributed by atoms with E-state index in [0.29, 0.717) is 25.0 Å². The molecule has 0 atom stereocenters. The van der Waals surface area contributed by atoms with Gasteiger partial charge in [0.15, 0.2) is 0 Å². The van der Waals surface area contributed by atoms with Crippen LogP contribution in [0.25, 0.3) is 0 Å². The van der Waals surface area contributed by atoms with Crippen LogP contribution in [0, 0.1) is 11.8 Å². The number of hydrogen-bond acceptors (Lipinski definition) is 3. The van der Waals surface area contributed by atoms with Gasteiger partial charge in [-0.1, -0.05) is 0 Å². The molecule has 1 rings (SSSR count). The first-order valence-corrected chi connectivity index (χ1v) is 3.08. The minimum Gasteiger partial charge on any atom is -0.396 e. The van der Waals surface area contributed by atoms with E-state index in [0.717, 1.165) is 12.8 Å². The molecule has 1 aliphatic rings. The summed E-state index contributed by atoms with van der Waals surface area (Å²) in [5.74, 6) is 0.985. The van der Waals surface area contributed by atoms with Gasteiger partial charge in [0.25, 0.3) is 0 Å². The molecule has 1 fully saturated rings. The first-order valence-electron chi connectivity index (χ1n) is 3.08. The van der Waals surface area contributed by atoms with Crippen molar-refractivity contribution in [3.63, 3.8) is 0 Å². The highest BCUT2D eigenvalue weighted by Gasteiger charge is 2.26. The Labute approximate surface area is 55.3 Å². The molecular weight excluding hydrogens is 118 g/mol. The predicted octanol–water partition coefficient (Wildman–Crippen LogP) is 0.159. The average Bonchev–Trinajstić information content (AvgIpc) is 1.65. The zero-order valence-electron chi connectivity index (χ0n) is 5.58. The molecule has 0 spiro atoms. The maximum absolute atomic E-state index is 8.52. The standard InChI is InChI=1S/C6H12O2.H3N/c7-3-5-1-6(2-5)4-8;/h5-8H,1-4H2;1H3. The highest BCUT2D eigenvalue weighted by Crippen LogP contribution is 2.32. The van der Waals surface area contributed by atoms with Crippen LogP contribution < -0.4 is 6.15 Å². The average molecular weight is 133 g/mol. The Balaban J connectivity index is 0.000000640. The zero-order chi connectivity index (χ0) is 5.98. The summed E-state index contributed by atoms with van der Waals surface area (Å²) in [6, 6.07) is 0. The first-order chi connectivity index (χ1) is 3.86. The van der Waals surface area contributed by atoms with E-state index >= 15 is 0 Å². The van der Waals surface area contributed by atoms with Crippen molar-refractivity contribution in [2.75, 3.05) is 13.2 Å². The monoisotopic (exact) mass is 133 g/mol. The molecule has 9 heavy (non-hydrogen) atoms. The van der Waals surface area contributed by atoms with Crippen LogP contribution in [0.15, 0.2) is 0 Å². The Hall–Kier alpha value is -0.120. The molecule has 0 aromatic heterocycles. The van der Waals surface area contributed by atoms with E-state index in [4.69, 9.17) is 10.2 Å². The molecule has 0 aliphatic heterocycles. The second-order valence-corrected chi connectivity index (χ2v) is 2.57. The van der Waals surface area contributed by atoms with E-state index in [-0.39, 0.29) is 6.15 Å². The molecule has 0 bridgehead atoms. The van der Waals surface area contributed by atoms with Crippen LogP contribution >= 0.6 is 0 Å². The van der Waals surface area contributed by atoms with E-state index < -0.39 is 0 Å². The minimum absolute atomic E-state index is 0. The summed E-state index contributed by atoms with van der Waals surface area (Å²) in [5.41, 5.74) is 0. The maximum Gasteiger partial charge on any atom is 0.0459 e. The Morgan fingerprint density at radius 2 is 1.33 bits per heavy atom. The molecule has 0 aromatic carbocycles. The Morgan fingerprint density at radius 1 is 1.00 bits per heavy atom. The van der Waals surface area contributed by atoms with Crippen LogP contribution in [-0.4, -0.2) is 23.4 Å². The smallest absolute Gasteiger partial charge is 0.0459 e. The molecule has 0 radical (unpaired) electrons. The van der Waals surface area contributed by atoms with E-state index in [1.165, 1.54) is 0 Å². The van der Waals surface area contributed by atoms with Gasteiger partial charge in [-0.3, -0.25) is 0 Å². The molecule has 0 amide bonds. The Kier molecular flexibility index (Phi) is 3.77. The van der Waals surface area contributed by atoms with Crippen molar-refractivity contribution in [1.82, 2.24) is 6.15 Å². The minimum atomic E-state index is 0. The third-order valence-electron chi connectivity index (χ3n) is 1.85. The number of hydrogen-bond donors (Lipinski definition) is 3. The van der Waals surface area contributed by atoms with Gasteiger partial charge in [-0.2, -0.15) is 0 Å². The SMILES string of the molecule is N.OCC1CC(CO)C1. The number of aliphatic hydroxyl groups excluding tert-OH is 2. The summed E-state index contributed by atoms with van der Waals surface area (Å²) in [4.78, 5) is 0. The maximum atomic E-state index is 8.52. The van der Waals surface area contributed by atoms with Crippen LogP contribution in [0.3, 0.4) is 0 Å². The summed E-state index contributed by atoms with van der Waals surface area (Å²) in [6.07, 6.45) is 2.04. The molecular formula is C6H15NO2. The van der Waals surface area contributed by atoms with Crippen LogP contribution in [0.2, 0.25) is 0 Å². The first kappa shape index (κ1) is 8.88. The molecule has 56 valence electrons. The van der Waals surface area contributed by atoms with Gasteiger partial charge in [0.1, 0.15) is 0 Å². The van der Waals surface area contributed by atoms with Gasteiger partial charge in [-0.15, -0.1) is 0 Å². The van der Waals surface area contributed by atoms with Gasteiger partial charge in [0.05, 0.1) is 0 Å². The fourth-order valence-electron chi connectivity index (χ4n) is 1.17. The van der Waals surface area contributed by atoms with Gasteiger partial charge < -0.3 is 16.4 Å². The van der Waals surface area contributed by atoms with Gasteiger partial charge in [-0.25, -0.2) is 0 Å². The second-order valence-electron chi connectivity index (χ2n) is 2.57. The van der Waals surface area contributed by atoms with Crippen molar-refractivity contribution < 1.29 is 10.2 Å². The third kappa shape index (κ3) is 1.93. The van der Waals surface area contributed by atoms with Gasteiger partial charge in [0.2, 0.25) is 0 Å². The number of aliphatic hydroxyl groups is 2. The van der Waals surface area contributed by atoms with Crippen LogP contribution in [0.1, 0.15) is 12.8 Å². The predicted molar refractivity (Wildman–Crippen MR) is 35.4 cm³/mol. The summed E-state index contributed by atoms with van der Waals surface area (Å²) in [6.45, 7) is 0.604. The quantitative estimate of drug-likeness (QED) is 0.502. The van der Waals surface area contributed by atoms with Crippen molar-refractivity contribution in [2.24, 2.45) is 11.8 Å². The molecule has 1 aliphatic carbocycles. The van der Waals surface area contributed by atoms with Crippen molar-refractivity contribution in [1.29, 1.82) is 0 Å². The lowest BCUT2D eigenvalue weighted by molar-refractivity contribution is 0.0653. The van der Waals surface area contributed by atoms with Crippen LogP contribution in [0.5, 0.6) is 0 Å². The van der Waals surface area contributed by atoms with Crippen molar-refractivity contribution >= 4 is 0 Å². The topological polar surface area (TPSA) is 75.5 Å². The number of rotatable bonds is 2. The van der Waals surface area contributed by atoms with Crippen molar-refractivity contribution in [3.05, 3.63) is 0 Å². The molecule has 0 unspecified atom stereocenters. The summed E-state index contributed by atoms with van der Waals surface area (Å²) >= 11 is 0. The molecule has 5 N–H and O–H groups in total. The van der Waals surface area contributed by atoms with E-state index in [9.17, 15) is 0 Å². The molecule has 3 nitrogen and oxygen atoms in total. The Bertz CT molecular complexity index is 63.5. The van der Waals surface area contributed by atoms with Crippen molar-refractivity contribution in [2.45, 2.75) is 12.8 Å². The van der Waals surface area contributed by atoms with Gasteiger partial charge in [-0.05, 0) is 24.7 Å². The largest absolute Gasteiger partial charge is 0.396 e. The van der Waals surface area contributed by atoms with E-state index in [2.05, 4.69) is 0 Å². The summed E-state index contributed by atoms with van der Waals surface area (Å²) in [7, 11) is 0. The Morgan fingerprint density at radius 3 is 1.56 bits per heavy atom. The highest BCUT2D eigenvalue weighted by molar-refractivity contribution is 4.77. The normalized spacial score (nSPS) is 32.7. The van der Waals surface area contributed by atoms with E-state index in [1.807, 2.05) is 0 Å². The van der Waals surface area contributed by atoms with Crippen molar-refractivity contribution in [3.8, 4) is 0 Å². The van der Waals surface area contributed by atoms with Crippen LogP contribution in [0.4, 0.5) is 0 Å². The summed E-state index contributed by atoms with van der Waals surface area (Å²) in [5, 5.41) is 17.0. The summed E-state index contributed by atoms with van der Waals surface area (Å²) < 4.78 is 0. The molecule has 0 aromatic rings. The van der Waals surface area contributed by atoms with Gasteiger partial charge in [0, 0.05) is 13.2 Å². The highest BCUT2D eigenvalue weighted by atomic mass is 16.3. The third-order valence-corrected chi connectivity index (χ3v) is 1.85. The fraction of sp³-hybridized carbons (Fsp3) is 1.00. The molecule has 1 saturated carbocycles. The van der Waals surface area contributed by atoms with E-state index in [1.54, 1.807) is 0 Å². The molecule has 0 saturated heterocycles. The van der Waals surface area contributed by atoms with Crippen LogP contribution in [-0.2, 0) is 0 Å². The molecule has 0 heterocycles. The second kappa shape index (κ2) is 3.82. The zero-order valence-corrected chi connectivity index (χ0v) is 5.58. The lowest BCUT2D eigenvalue weighted by Gasteiger charge is -2.32. The fourth-order valence-corrected chi connectivity index (χ4v) is 1.17. The lowest BCUT2D eigenvalue weighted by atomic mass is 9.76. The lowest BCUT2D eigenvalue weighted by Crippen LogP contribution is -2.28. The van der Waals surface area contributed by atoms with Gasteiger partial charge >= 0.3 is 0 Å².